The summed E-state index contributed by atoms with van der Waals surface area (Å²) < 4.78 is 5.26. The Morgan fingerprint density at radius 1 is 1.45 bits per heavy atom. The van der Waals surface area contributed by atoms with Crippen molar-refractivity contribution in [1.29, 1.82) is 0 Å². The lowest BCUT2D eigenvalue weighted by Gasteiger charge is -2.34. The van der Waals surface area contributed by atoms with Gasteiger partial charge >= 0.3 is 6.09 Å². The van der Waals surface area contributed by atoms with Crippen LogP contribution in [0.4, 0.5) is 4.79 Å². The SMILES string of the molecule is CC(C)C1CCCN1C(CN)CNC(=O)OC(C)(C)C. The van der Waals surface area contributed by atoms with Gasteiger partial charge in [-0.1, -0.05) is 13.8 Å². The first-order chi connectivity index (χ1) is 9.24. The van der Waals surface area contributed by atoms with Gasteiger partial charge in [-0.2, -0.15) is 0 Å². The molecule has 1 amide bonds. The minimum absolute atomic E-state index is 0.192. The summed E-state index contributed by atoms with van der Waals surface area (Å²) in [6.07, 6.45) is 2.07. The number of amides is 1. The predicted molar refractivity (Wildman–Crippen MR) is 81.6 cm³/mol. The molecule has 0 aromatic carbocycles. The summed E-state index contributed by atoms with van der Waals surface area (Å²) in [5.41, 5.74) is 5.43. The van der Waals surface area contributed by atoms with Gasteiger partial charge in [-0.3, -0.25) is 4.90 Å². The second-order valence-corrected chi connectivity index (χ2v) is 6.96. The van der Waals surface area contributed by atoms with Crippen molar-refractivity contribution in [2.45, 2.75) is 65.1 Å². The van der Waals surface area contributed by atoms with Gasteiger partial charge in [0.25, 0.3) is 0 Å². The fourth-order valence-electron chi connectivity index (χ4n) is 2.84. The first kappa shape index (κ1) is 17.2. The van der Waals surface area contributed by atoms with Crippen molar-refractivity contribution >= 4 is 6.09 Å². The van der Waals surface area contributed by atoms with E-state index in [0.717, 1.165) is 6.54 Å². The van der Waals surface area contributed by atoms with Gasteiger partial charge in [0.2, 0.25) is 0 Å². The van der Waals surface area contributed by atoms with Crippen LogP contribution in [0, 0.1) is 5.92 Å². The molecule has 1 fully saturated rings. The molecule has 0 saturated carbocycles. The van der Waals surface area contributed by atoms with Crippen LogP contribution in [0.25, 0.3) is 0 Å². The lowest BCUT2D eigenvalue weighted by Crippen LogP contribution is -2.51. The van der Waals surface area contributed by atoms with Gasteiger partial charge in [-0.15, -0.1) is 0 Å². The molecular formula is C15H31N3O2. The van der Waals surface area contributed by atoms with E-state index in [1.54, 1.807) is 0 Å². The van der Waals surface area contributed by atoms with Crippen molar-refractivity contribution in [2.75, 3.05) is 19.6 Å². The number of nitrogens with two attached hydrogens (primary N) is 1. The molecule has 1 aliphatic heterocycles. The number of alkyl carbamates (subject to hydrolysis) is 1. The van der Waals surface area contributed by atoms with Crippen LogP contribution in [0.3, 0.4) is 0 Å². The molecule has 1 aliphatic rings. The summed E-state index contributed by atoms with van der Waals surface area (Å²) in [5, 5.41) is 2.84. The highest BCUT2D eigenvalue weighted by Crippen LogP contribution is 2.25. The molecule has 1 heterocycles. The largest absolute Gasteiger partial charge is 0.444 e. The maximum Gasteiger partial charge on any atom is 0.407 e. The highest BCUT2D eigenvalue weighted by Gasteiger charge is 2.32. The number of rotatable bonds is 5. The molecule has 20 heavy (non-hydrogen) atoms. The van der Waals surface area contributed by atoms with Crippen LogP contribution in [0.1, 0.15) is 47.5 Å². The van der Waals surface area contributed by atoms with Crippen molar-refractivity contribution < 1.29 is 9.53 Å². The van der Waals surface area contributed by atoms with Gasteiger partial charge in [0.1, 0.15) is 5.60 Å². The molecule has 0 aromatic heterocycles. The Labute approximate surface area is 123 Å². The molecule has 0 spiro atoms. The van der Waals surface area contributed by atoms with Crippen LogP contribution in [0.5, 0.6) is 0 Å². The third kappa shape index (κ3) is 5.29. The van der Waals surface area contributed by atoms with Crippen LogP contribution < -0.4 is 11.1 Å². The van der Waals surface area contributed by atoms with Gasteiger partial charge < -0.3 is 15.8 Å². The van der Waals surface area contributed by atoms with E-state index in [2.05, 4.69) is 24.1 Å². The molecule has 5 nitrogen and oxygen atoms in total. The summed E-state index contributed by atoms with van der Waals surface area (Å²) in [4.78, 5) is 14.2. The van der Waals surface area contributed by atoms with E-state index >= 15 is 0 Å². The summed E-state index contributed by atoms with van der Waals surface area (Å²) in [6, 6.07) is 0.765. The molecule has 118 valence electrons. The number of ether oxygens (including phenoxy) is 1. The summed E-state index contributed by atoms with van der Waals surface area (Å²) in [7, 11) is 0. The third-order valence-electron chi connectivity index (χ3n) is 3.73. The zero-order valence-electron chi connectivity index (χ0n) is 13.6. The topological polar surface area (TPSA) is 67.6 Å². The smallest absolute Gasteiger partial charge is 0.407 e. The molecule has 0 aliphatic carbocycles. The molecule has 0 bridgehead atoms. The van der Waals surface area contributed by atoms with E-state index in [1.807, 2.05) is 20.8 Å². The van der Waals surface area contributed by atoms with Gasteiger partial charge in [-0.05, 0) is 46.1 Å². The molecule has 5 heteroatoms. The van der Waals surface area contributed by atoms with Crippen molar-refractivity contribution in [1.82, 2.24) is 10.2 Å². The van der Waals surface area contributed by atoms with Crippen molar-refractivity contribution in [3.63, 3.8) is 0 Å². The molecule has 0 radical (unpaired) electrons. The molecule has 3 N–H and O–H groups in total. The van der Waals surface area contributed by atoms with Crippen LogP contribution in [-0.4, -0.2) is 48.3 Å². The van der Waals surface area contributed by atoms with Crippen LogP contribution in [0.15, 0.2) is 0 Å². The average molecular weight is 285 g/mol. The van der Waals surface area contributed by atoms with E-state index in [0.29, 0.717) is 25.0 Å². The van der Waals surface area contributed by atoms with Gasteiger partial charge in [0.15, 0.2) is 0 Å². The average Bonchev–Trinajstić information content (AvgIpc) is 2.76. The Morgan fingerprint density at radius 3 is 2.60 bits per heavy atom. The molecule has 1 saturated heterocycles. The second kappa shape index (κ2) is 7.27. The van der Waals surface area contributed by atoms with E-state index in [1.165, 1.54) is 12.8 Å². The Bertz CT molecular complexity index is 313. The van der Waals surface area contributed by atoms with Crippen LogP contribution in [0.2, 0.25) is 0 Å². The van der Waals surface area contributed by atoms with Crippen molar-refractivity contribution in [3.8, 4) is 0 Å². The number of carbonyl (C=O) groups excluding carboxylic acids is 1. The number of nitrogens with one attached hydrogen (secondary N) is 1. The van der Waals surface area contributed by atoms with Crippen LogP contribution in [-0.2, 0) is 4.74 Å². The minimum Gasteiger partial charge on any atom is -0.444 e. The normalized spacial score (nSPS) is 22.1. The highest BCUT2D eigenvalue weighted by molar-refractivity contribution is 5.67. The number of likely N-dealkylation sites (tertiary alicyclic amines) is 1. The van der Waals surface area contributed by atoms with Crippen LogP contribution >= 0.6 is 0 Å². The van der Waals surface area contributed by atoms with Gasteiger partial charge in [0, 0.05) is 25.2 Å². The Morgan fingerprint density at radius 2 is 2.10 bits per heavy atom. The van der Waals surface area contributed by atoms with E-state index < -0.39 is 5.60 Å². The number of hydrogen-bond donors (Lipinski definition) is 2. The maximum atomic E-state index is 11.7. The van der Waals surface area contributed by atoms with E-state index in [4.69, 9.17) is 10.5 Å². The summed E-state index contributed by atoms with van der Waals surface area (Å²) >= 11 is 0. The standard InChI is InChI=1S/C15H31N3O2/c1-11(2)13-7-6-8-18(13)12(9-16)10-17-14(19)20-15(3,4)5/h11-13H,6-10,16H2,1-5H3,(H,17,19). The lowest BCUT2D eigenvalue weighted by atomic mass is 10.0. The molecule has 2 atom stereocenters. The van der Waals surface area contributed by atoms with Gasteiger partial charge in [0.05, 0.1) is 0 Å². The zero-order chi connectivity index (χ0) is 15.3. The summed E-state index contributed by atoms with van der Waals surface area (Å²) in [5.74, 6) is 0.619. The zero-order valence-corrected chi connectivity index (χ0v) is 13.6. The lowest BCUT2D eigenvalue weighted by molar-refractivity contribution is 0.0500. The number of nitrogens with zero attached hydrogens (tertiary/aromatic N) is 1. The van der Waals surface area contributed by atoms with Gasteiger partial charge in [-0.25, -0.2) is 4.79 Å². The third-order valence-corrected chi connectivity index (χ3v) is 3.73. The van der Waals surface area contributed by atoms with Crippen molar-refractivity contribution in [2.24, 2.45) is 11.7 Å². The Hall–Kier alpha value is -0.810. The minimum atomic E-state index is -0.462. The molecule has 0 aromatic rings. The first-order valence-electron chi connectivity index (χ1n) is 7.67. The molecule has 1 rings (SSSR count). The molecule has 2 unspecified atom stereocenters. The van der Waals surface area contributed by atoms with E-state index in [-0.39, 0.29) is 12.1 Å². The first-order valence-corrected chi connectivity index (χ1v) is 7.67. The molecular weight excluding hydrogens is 254 g/mol. The number of carbonyl (C=O) groups is 1. The quantitative estimate of drug-likeness (QED) is 0.810. The fourth-order valence-corrected chi connectivity index (χ4v) is 2.84. The predicted octanol–water partition coefficient (Wildman–Crippen LogP) is 1.96. The fraction of sp³-hybridized carbons (Fsp3) is 0.933. The van der Waals surface area contributed by atoms with E-state index in [9.17, 15) is 4.79 Å². The maximum absolute atomic E-state index is 11.7. The highest BCUT2D eigenvalue weighted by atomic mass is 16.6. The number of hydrogen-bond acceptors (Lipinski definition) is 4. The Balaban J connectivity index is 2.49. The Kier molecular flexibility index (Phi) is 6.27. The summed E-state index contributed by atoms with van der Waals surface area (Å²) in [6.45, 7) is 12.3. The second-order valence-electron chi connectivity index (χ2n) is 6.96. The monoisotopic (exact) mass is 285 g/mol. The van der Waals surface area contributed by atoms with Crippen molar-refractivity contribution in [3.05, 3.63) is 0 Å².